The molecule has 0 saturated carbocycles. The molecule has 0 unspecified atom stereocenters. The fourth-order valence-electron chi connectivity index (χ4n) is 2.53. The minimum absolute atomic E-state index is 0.00612. The minimum Gasteiger partial charge on any atom is -0.457 e. The number of esters is 1. The number of ketones is 1. The van der Waals surface area contributed by atoms with Gasteiger partial charge in [0, 0.05) is 11.1 Å². The van der Waals surface area contributed by atoms with E-state index in [1.165, 1.54) is 12.1 Å². The molecule has 0 spiro atoms. The van der Waals surface area contributed by atoms with E-state index < -0.39 is 5.97 Å². The lowest BCUT2D eigenvalue weighted by molar-refractivity contribution is 0.0470. The van der Waals surface area contributed by atoms with E-state index in [1.807, 2.05) is 19.1 Å². The highest BCUT2D eigenvalue weighted by Gasteiger charge is 2.19. The Morgan fingerprint density at radius 1 is 0.846 bits per heavy atom. The van der Waals surface area contributed by atoms with E-state index in [4.69, 9.17) is 4.74 Å². The molecule has 0 amide bonds. The molecule has 0 bridgehead atoms. The Morgan fingerprint density at radius 2 is 1.46 bits per heavy atom. The molecule has 0 radical (unpaired) electrons. The fraction of sp³-hybridized carbons (Fsp3) is 0.0909. The van der Waals surface area contributed by atoms with E-state index >= 15 is 0 Å². The number of benzene rings is 3. The zero-order valence-electron chi connectivity index (χ0n) is 14.2. The van der Waals surface area contributed by atoms with Crippen molar-refractivity contribution in [1.29, 1.82) is 0 Å². The quantitative estimate of drug-likeness (QED) is 0.495. The van der Waals surface area contributed by atoms with Crippen LogP contribution in [-0.2, 0) is 11.3 Å². The summed E-state index contributed by atoms with van der Waals surface area (Å²) in [6, 6.07) is 19.4. The third-order valence-electron chi connectivity index (χ3n) is 3.99. The Hall–Kier alpha value is -3.27. The molecule has 0 aliphatic heterocycles. The van der Waals surface area contributed by atoms with Crippen molar-refractivity contribution in [3.05, 3.63) is 106 Å². The third-order valence-corrected chi connectivity index (χ3v) is 3.99. The third kappa shape index (κ3) is 4.03. The molecule has 0 aliphatic carbocycles. The largest absolute Gasteiger partial charge is 0.457 e. The molecule has 0 aliphatic rings. The molecule has 3 aromatic carbocycles. The molecule has 3 aromatic rings. The lowest BCUT2D eigenvalue weighted by Crippen LogP contribution is -2.12. The SMILES string of the molecule is Cc1ccc(C(=O)c2ccccc2C(=O)OCc2ccc(F)cc2)cc1. The van der Waals surface area contributed by atoms with Crippen LogP contribution in [0.25, 0.3) is 0 Å². The van der Waals surface area contributed by atoms with Gasteiger partial charge < -0.3 is 4.74 Å². The molecule has 0 saturated heterocycles. The van der Waals surface area contributed by atoms with Gasteiger partial charge in [0.05, 0.1) is 5.56 Å². The smallest absolute Gasteiger partial charge is 0.339 e. The maximum absolute atomic E-state index is 12.9. The molecule has 130 valence electrons. The van der Waals surface area contributed by atoms with Crippen molar-refractivity contribution in [2.24, 2.45) is 0 Å². The van der Waals surface area contributed by atoms with Crippen LogP contribution in [0.15, 0.2) is 72.8 Å². The zero-order valence-corrected chi connectivity index (χ0v) is 14.2. The second kappa shape index (κ2) is 7.74. The van der Waals surface area contributed by atoms with Gasteiger partial charge in [-0.15, -0.1) is 0 Å². The molecule has 0 atom stereocenters. The van der Waals surface area contributed by atoms with Crippen LogP contribution in [0.3, 0.4) is 0 Å². The molecule has 0 heterocycles. The van der Waals surface area contributed by atoms with Gasteiger partial charge >= 0.3 is 5.97 Å². The first-order chi connectivity index (χ1) is 12.5. The van der Waals surface area contributed by atoms with Crippen LogP contribution in [0.2, 0.25) is 0 Å². The van der Waals surface area contributed by atoms with E-state index in [0.29, 0.717) is 16.7 Å². The fourth-order valence-corrected chi connectivity index (χ4v) is 2.53. The van der Waals surface area contributed by atoms with E-state index in [0.717, 1.165) is 5.56 Å². The van der Waals surface area contributed by atoms with Crippen LogP contribution < -0.4 is 0 Å². The first-order valence-electron chi connectivity index (χ1n) is 8.16. The van der Waals surface area contributed by atoms with Crippen LogP contribution in [0.1, 0.15) is 37.4 Å². The predicted octanol–water partition coefficient (Wildman–Crippen LogP) is 4.72. The van der Waals surface area contributed by atoms with Crippen molar-refractivity contribution in [3.63, 3.8) is 0 Å². The predicted molar refractivity (Wildman–Crippen MR) is 96.6 cm³/mol. The Kier molecular flexibility index (Phi) is 5.23. The summed E-state index contributed by atoms with van der Waals surface area (Å²) in [5, 5.41) is 0. The number of rotatable bonds is 5. The number of hydrogen-bond donors (Lipinski definition) is 0. The maximum Gasteiger partial charge on any atom is 0.339 e. The lowest BCUT2D eigenvalue weighted by atomic mass is 9.98. The summed E-state index contributed by atoms with van der Waals surface area (Å²) < 4.78 is 18.2. The Balaban J connectivity index is 1.79. The summed E-state index contributed by atoms with van der Waals surface area (Å²) in [5.41, 5.74) is 2.73. The van der Waals surface area contributed by atoms with Gasteiger partial charge in [0.1, 0.15) is 12.4 Å². The van der Waals surface area contributed by atoms with Gasteiger partial charge in [-0.1, -0.05) is 60.2 Å². The summed E-state index contributed by atoms with van der Waals surface area (Å²) in [7, 11) is 0. The average molecular weight is 348 g/mol. The summed E-state index contributed by atoms with van der Waals surface area (Å²) in [6.45, 7) is 1.95. The molecule has 0 N–H and O–H groups in total. The molecule has 0 aromatic heterocycles. The van der Waals surface area contributed by atoms with Crippen molar-refractivity contribution in [1.82, 2.24) is 0 Å². The van der Waals surface area contributed by atoms with Crippen molar-refractivity contribution in [2.75, 3.05) is 0 Å². The molecule has 3 nitrogen and oxygen atoms in total. The van der Waals surface area contributed by atoms with Crippen molar-refractivity contribution in [2.45, 2.75) is 13.5 Å². The average Bonchev–Trinajstić information content (AvgIpc) is 2.67. The first kappa shape index (κ1) is 17.5. The normalized spacial score (nSPS) is 10.4. The highest BCUT2D eigenvalue weighted by molar-refractivity contribution is 6.14. The molecular formula is C22H17FO3. The molecule has 26 heavy (non-hydrogen) atoms. The number of ether oxygens (including phenoxy) is 1. The highest BCUT2D eigenvalue weighted by Crippen LogP contribution is 2.17. The number of aryl methyl sites for hydroxylation is 1. The van der Waals surface area contributed by atoms with E-state index in [9.17, 15) is 14.0 Å². The maximum atomic E-state index is 12.9. The Bertz CT molecular complexity index is 928. The van der Waals surface area contributed by atoms with E-state index in [2.05, 4.69) is 0 Å². The highest BCUT2D eigenvalue weighted by atomic mass is 19.1. The lowest BCUT2D eigenvalue weighted by Gasteiger charge is -2.09. The number of hydrogen-bond acceptors (Lipinski definition) is 3. The van der Waals surface area contributed by atoms with Crippen LogP contribution >= 0.6 is 0 Å². The first-order valence-corrected chi connectivity index (χ1v) is 8.16. The second-order valence-electron chi connectivity index (χ2n) is 5.94. The zero-order chi connectivity index (χ0) is 18.5. The van der Waals surface area contributed by atoms with Gasteiger partial charge in [0.15, 0.2) is 5.78 Å². The summed E-state index contributed by atoms with van der Waals surface area (Å²) in [4.78, 5) is 25.2. The minimum atomic E-state index is -0.592. The monoisotopic (exact) mass is 348 g/mol. The van der Waals surface area contributed by atoms with Crippen LogP contribution in [0.5, 0.6) is 0 Å². The number of halogens is 1. The molecule has 4 heteroatoms. The van der Waals surface area contributed by atoms with E-state index in [-0.39, 0.29) is 23.8 Å². The van der Waals surface area contributed by atoms with Crippen LogP contribution in [0.4, 0.5) is 4.39 Å². The van der Waals surface area contributed by atoms with Gasteiger partial charge in [-0.25, -0.2) is 9.18 Å². The summed E-state index contributed by atoms with van der Waals surface area (Å²) in [6.07, 6.45) is 0. The molecule has 0 fully saturated rings. The van der Waals surface area contributed by atoms with Gasteiger partial charge in [-0.3, -0.25) is 4.79 Å². The van der Waals surface area contributed by atoms with Gasteiger partial charge in [0.25, 0.3) is 0 Å². The summed E-state index contributed by atoms with van der Waals surface area (Å²) >= 11 is 0. The number of carbonyl (C=O) groups excluding carboxylic acids is 2. The van der Waals surface area contributed by atoms with Crippen molar-refractivity contribution >= 4 is 11.8 Å². The van der Waals surface area contributed by atoms with Gasteiger partial charge in [0.2, 0.25) is 0 Å². The van der Waals surface area contributed by atoms with Crippen LogP contribution in [-0.4, -0.2) is 11.8 Å². The van der Waals surface area contributed by atoms with Gasteiger partial charge in [-0.05, 0) is 30.7 Å². The summed E-state index contributed by atoms with van der Waals surface area (Å²) in [5.74, 6) is -1.18. The second-order valence-corrected chi connectivity index (χ2v) is 5.94. The van der Waals surface area contributed by atoms with Gasteiger partial charge in [-0.2, -0.15) is 0 Å². The van der Waals surface area contributed by atoms with Crippen molar-refractivity contribution in [3.8, 4) is 0 Å². The Labute approximate surface area is 151 Å². The molecular weight excluding hydrogens is 331 g/mol. The topological polar surface area (TPSA) is 43.4 Å². The van der Waals surface area contributed by atoms with Crippen LogP contribution in [0, 0.1) is 12.7 Å². The Morgan fingerprint density at radius 3 is 2.12 bits per heavy atom. The van der Waals surface area contributed by atoms with E-state index in [1.54, 1.807) is 48.5 Å². The molecule has 3 rings (SSSR count). The van der Waals surface area contributed by atoms with Crippen molar-refractivity contribution < 1.29 is 18.7 Å². The number of carbonyl (C=O) groups is 2. The standard InChI is InChI=1S/C22H17FO3/c1-15-6-10-17(11-7-15)21(24)19-4-2-3-5-20(19)22(25)26-14-16-8-12-18(23)13-9-16/h2-13H,14H2,1H3.